The van der Waals surface area contributed by atoms with Crippen molar-refractivity contribution in [3.8, 4) is 6.07 Å². The molecule has 1 N–H and O–H groups in total. The Hall–Kier alpha value is -2.05. The van der Waals surface area contributed by atoms with Gasteiger partial charge in [-0.05, 0) is 43.7 Å². The van der Waals surface area contributed by atoms with Crippen LogP contribution < -0.4 is 5.32 Å². The first kappa shape index (κ1) is 13.4. The first-order valence-electron chi connectivity index (χ1n) is 5.99. The lowest BCUT2D eigenvalue weighted by Gasteiger charge is -2.15. The third-order valence-corrected chi connectivity index (χ3v) is 3.03. The van der Waals surface area contributed by atoms with E-state index in [1.54, 1.807) is 12.1 Å². The molecule has 0 aliphatic carbocycles. The number of halogens is 1. The van der Waals surface area contributed by atoms with Crippen LogP contribution in [0.1, 0.15) is 29.8 Å². The summed E-state index contributed by atoms with van der Waals surface area (Å²) in [6.45, 7) is 3.90. The van der Waals surface area contributed by atoms with Crippen molar-refractivity contribution in [2.24, 2.45) is 0 Å². The average molecular weight is 272 g/mol. The Labute approximate surface area is 117 Å². The summed E-state index contributed by atoms with van der Waals surface area (Å²) in [4.78, 5) is 4.37. The van der Waals surface area contributed by atoms with Gasteiger partial charge in [0.25, 0.3) is 0 Å². The number of pyridine rings is 1. The highest BCUT2D eigenvalue weighted by molar-refractivity contribution is 6.30. The van der Waals surface area contributed by atoms with Crippen LogP contribution in [-0.2, 0) is 0 Å². The Morgan fingerprint density at radius 3 is 2.79 bits per heavy atom. The molecule has 3 nitrogen and oxygen atoms in total. The molecule has 1 aromatic carbocycles. The predicted molar refractivity (Wildman–Crippen MR) is 77.2 cm³/mol. The normalized spacial score (nSPS) is 11.7. The minimum atomic E-state index is 0.0690. The van der Waals surface area contributed by atoms with Crippen LogP contribution in [0.3, 0.4) is 0 Å². The number of nitrogens with one attached hydrogen (secondary N) is 1. The highest BCUT2D eigenvalue weighted by Gasteiger charge is 2.07. The monoisotopic (exact) mass is 271 g/mol. The van der Waals surface area contributed by atoms with Crippen molar-refractivity contribution in [2.45, 2.75) is 19.9 Å². The van der Waals surface area contributed by atoms with Gasteiger partial charge in [-0.25, -0.2) is 4.98 Å². The molecular formula is C15H14ClN3. The summed E-state index contributed by atoms with van der Waals surface area (Å²) in [5.41, 5.74) is 2.50. The summed E-state index contributed by atoms with van der Waals surface area (Å²) in [6.07, 6.45) is 0. The summed E-state index contributed by atoms with van der Waals surface area (Å²) in [7, 11) is 0. The number of nitrogens with zero attached hydrogens (tertiary/aromatic N) is 2. The number of benzene rings is 1. The quantitative estimate of drug-likeness (QED) is 0.915. The van der Waals surface area contributed by atoms with Crippen molar-refractivity contribution in [1.82, 2.24) is 4.98 Å². The van der Waals surface area contributed by atoms with Crippen molar-refractivity contribution >= 4 is 17.4 Å². The minimum absolute atomic E-state index is 0.0690. The van der Waals surface area contributed by atoms with E-state index in [9.17, 15) is 0 Å². The van der Waals surface area contributed by atoms with Gasteiger partial charge in [0.1, 0.15) is 5.82 Å². The van der Waals surface area contributed by atoms with E-state index >= 15 is 0 Å². The van der Waals surface area contributed by atoms with E-state index < -0.39 is 0 Å². The molecule has 1 unspecified atom stereocenters. The Balaban J connectivity index is 2.21. The fourth-order valence-corrected chi connectivity index (χ4v) is 2.09. The Bertz CT molecular complexity index is 632. The molecule has 0 radical (unpaired) electrons. The van der Waals surface area contributed by atoms with Crippen LogP contribution in [0.5, 0.6) is 0 Å². The fraction of sp³-hybridized carbons (Fsp3) is 0.200. The Morgan fingerprint density at radius 2 is 2.11 bits per heavy atom. The van der Waals surface area contributed by atoms with Crippen LogP contribution in [-0.4, -0.2) is 4.98 Å². The molecule has 0 fully saturated rings. The van der Waals surface area contributed by atoms with E-state index in [2.05, 4.69) is 16.4 Å². The van der Waals surface area contributed by atoms with Crippen LogP contribution in [0.4, 0.5) is 5.82 Å². The molecule has 0 bridgehead atoms. The molecule has 0 amide bonds. The third kappa shape index (κ3) is 3.46. The van der Waals surface area contributed by atoms with Crippen molar-refractivity contribution in [3.63, 3.8) is 0 Å². The number of nitriles is 1. The second-order valence-corrected chi connectivity index (χ2v) is 4.85. The zero-order valence-electron chi connectivity index (χ0n) is 10.8. The van der Waals surface area contributed by atoms with Gasteiger partial charge in [0, 0.05) is 16.8 Å². The molecule has 0 spiro atoms. The molecule has 0 saturated carbocycles. The largest absolute Gasteiger partial charge is 0.364 e. The van der Waals surface area contributed by atoms with E-state index in [1.807, 2.05) is 38.1 Å². The third-order valence-electron chi connectivity index (χ3n) is 2.80. The zero-order chi connectivity index (χ0) is 13.8. The lowest BCUT2D eigenvalue weighted by atomic mass is 10.1. The first-order valence-corrected chi connectivity index (χ1v) is 6.37. The summed E-state index contributed by atoms with van der Waals surface area (Å²) in [6, 6.07) is 13.4. The van der Waals surface area contributed by atoms with Gasteiger partial charge in [-0.3, -0.25) is 0 Å². The van der Waals surface area contributed by atoms with E-state index in [-0.39, 0.29) is 6.04 Å². The highest BCUT2D eigenvalue weighted by Crippen LogP contribution is 2.21. The van der Waals surface area contributed by atoms with Gasteiger partial charge in [-0.15, -0.1) is 0 Å². The maximum Gasteiger partial charge on any atom is 0.127 e. The highest BCUT2D eigenvalue weighted by atomic mass is 35.5. The number of aryl methyl sites for hydroxylation is 1. The molecule has 2 rings (SSSR count). The van der Waals surface area contributed by atoms with Gasteiger partial charge in [-0.2, -0.15) is 5.26 Å². The van der Waals surface area contributed by atoms with E-state index in [0.717, 1.165) is 11.3 Å². The molecule has 1 heterocycles. The lowest BCUT2D eigenvalue weighted by Crippen LogP contribution is -2.08. The lowest BCUT2D eigenvalue weighted by molar-refractivity contribution is 0.872. The molecule has 4 heteroatoms. The summed E-state index contributed by atoms with van der Waals surface area (Å²) < 4.78 is 0. The maximum absolute atomic E-state index is 8.95. The van der Waals surface area contributed by atoms with Crippen LogP contribution in [0.25, 0.3) is 0 Å². The van der Waals surface area contributed by atoms with Crippen molar-refractivity contribution in [3.05, 3.63) is 58.2 Å². The zero-order valence-corrected chi connectivity index (χ0v) is 11.6. The van der Waals surface area contributed by atoms with Gasteiger partial charge in [0.05, 0.1) is 11.6 Å². The number of rotatable bonds is 3. The molecule has 0 aliphatic rings. The molecular weight excluding hydrogens is 258 g/mol. The summed E-state index contributed by atoms with van der Waals surface area (Å²) in [5.74, 6) is 0.698. The molecule has 1 atom stereocenters. The van der Waals surface area contributed by atoms with Crippen LogP contribution in [0.2, 0.25) is 5.02 Å². The number of hydrogen-bond acceptors (Lipinski definition) is 3. The van der Waals surface area contributed by atoms with Gasteiger partial charge >= 0.3 is 0 Å². The first-order chi connectivity index (χ1) is 9.08. The SMILES string of the molecule is Cc1cc(C#N)cc(NC(C)c2cccc(Cl)c2)n1. The minimum Gasteiger partial charge on any atom is -0.364 e. The predicted octanol–water partition coefficient (Wildman–Crippen LogP) is 4.09. The van der Waals surface area contributed by atoms with Crippen LogP contribution in [0, 0.1) is 18.3 Å². The number of aromatic nitrogens is 1. The summed E-state index contributed by atoms with van der Waals surface area (Å²) in [5, 5.41) is 12.9. The number of hydrogen-bond donors (Lipinski definition) is 1. The number of anilines is 1. The standard InChI is InChI=1S/C15H14ClN3/c1-10-6-12(9-17)7-15(18-10)19-11(2)13-4-3-5-14(16)8-13/h3-8,11H,1-2H3,(H,18,19). The summed E-state index contributed by atoms with van der Waals surface area (Å²) >= 11 is 5.98. The molecule has 19 heavy (non-hydrogen) atoms. The van der Waals surface area contributed by atoms with Gasteiger partial charge in [-0.1, -0.05) is 23.7 Å². The van der Waals surface area contributed by atoms with Crippen LogP contribution >= 0.6 is 11.6 Å². The van der Waals surface area contributed by atoms with Crippen molar-refractivity contribution in [1.29, 1.82) is 5.26 Å². The fourth-order valence-electron chi connectivity index (χ4n) is 1.89. The van der Waals surface area contributed by atoms with E-state index in [4.69, 9.17) is 16.9 Å². The molecule has 0 saturated heterocycles. The van der Waals surface area contributed by atoms with Gasteiger partial charge < -0.3 is 5.32 Å². The van der Waals surface area contributed by atoms with Gasteiger partial charge in [0.2, 0.25) is 0 Å². The second kappa shape index (κ2) is 5.73. The Kier molecular flexibility index (Phi) is 4.03. The smallest absolute Gasteiger partial charge is 0.127 e. The molecule has 96 valence electrons. The van der Waals surface area contributed by atoms with Gasteiger partial charge in [0.15, 0.2) is 0 Å². The van der Waals surface area contributed by atoms with Crippen LogP contribution in [0.15, 0.2) is 36.4 Å². The molecule has 0 aliphatic heterocycles. The average Bonchev–Trinajstić information content (AvgIpc) is 2.38. The molecule has 2 aromatic rings. The van der Waals surface area contributed by atoms with Crippen molar-refractivity contribution < 1.29 is 0 Å². The van der Waals surface area contributed by atoms with E-state index in [0.29, 0.717) is 16.4 Å². The topological polar surface area (TPSA) is 48.7 Å². The second-order valence-electron chi connectivity index (χ2n) is 4.42. The Morgan fingerprint density at radius 1 is 1.32 bits per heavy atom. The van der Waals surface area contributed by atoms with Crippen molar-refractivity contribution in [2.75, 3.05) is 5.32 Å². The molecule has 1 aromatic heterocycles. The van der Waals surface area contributed by atoms with E-state index in [1.165, 1.54) is 0 Å². The maximum atomic E-state index is 8.95.